The van der Waals surface area contributed by atoms with Crippen LogP contribution >= 0.6 is 0 Å². The lowest BCUT2D eigenvalue weighted by Gasteiger charge is -2.20. The van der Waals surface area contributed by atoms with Gasteiger partial charge in [0.05, 0.1) is 16.8 Å². The summed E-state index contributed by atoms with van der Waals surface area (Å²) in [6.45, 7) is 1.74. The predicted octanol–water partition coefficient (Wildman–Crippen LogP) is 1.53. The molecule has 1 aromatic carbocycles. The van der Waals surface area contributed by atoms with E-state index < -0.39 is 0 Å². The number of anilines is 1. The quantitative estimate of drug-likeness (QED) is 0.804. The summed E-state index contributed by atoms with van der Waals surface area (Å²) >= 11 is 0. The Morgan fingerprint density at radius 3 is 2.76 bits per heavy atom. The van der Waals surface area contributed by atoms with Crippen molar-refractivity contribution in [3.8, 4) is 0 Å². The molecule has 21 heavy (non-hydrogen) atoms. The number of hydrogen-bond acceptors (Lipinski definition) is 4. The molecule has 0 aliphatic carbocycles. The second-order valence-corrected chi connectivity index (χ2v) is 5.25. The Morgan fingerprint density at radius 2 is 1.90 bits per heavy atom. The molecule has 5 heteroatoms. The molecule has 2 aliphatic heterocycles. The fourth-order valence-corrected chi connectivity index (χ4v) is 2.92. The minimum atomic E-state index is -0.299. The van der Waals surface area contributed by atoms with Gasteiger partial charge >= 0.3 is 0 Å². The summed E-state index contributed by atoms with van der Waals surface area (Å²) in [4.78, 5) is 30.0. The Morgan fingerprint density at radius 1 is 1.05 bits per heavy atom. The molecule has 2 amide bonds. The maximum Gasteiger partial charge on any atom is 0.267 e. The zero-order valence-electron chi connectivity index (χ0n) is 11.3. The number of imide groups is 1. The van der Waals surface area contributed by atoms with Gasteiger partial charge in [-0.05, 0) is 42.3 Å². The van der Waals surface area contributed by atoms with Crippen molar-refractivity contribution in [1.82, 2.24) is 10.3 Å². The fourth-order valence-electron chi connectivity index (χ4n) is 2.92. The first-order chi connectivity index (χ1) is 10.3. The highest BCUT2D eigenvalue weighted by atomic mass is 16.2. The number of benzene rings is 1. The molecule has 1 N–H and O–H groups in total. The maximum atomic E-state index is 12.4. The molecular weight excluding hydrogens is 266 g/mol. The number of carbonyl (C=O) groups is 2. The van der Waals surface area contributed by atoms with Gasteiger partial charge in [0, 0.05) is 18.9 Å². The van der Waals surface area contributed by atoms with E-state index in [2.05, 4.69) is 10.3 Å². The molecule has 0 spiro atoms. The van der Waals surface area contributed by atoms with Gasteiger partial charge in [0.15, 0.2) is 0 Å². The summed E-state index contributed by atoms with van der Waals surface area (Å²) in [5, 5.41) is 3.30. The highest BCUT2D eigenvalue weighted by Gasteiger charge is 2.36. The van der Waals surface area contributed by atoms with Crippen LogP contribution in [0.4, 0.5) is 5.69 Å². The number of nitrogens with one attached hydrogen (secondary N) is 1. The molecule has 0 atom stereocenters. The van der Waals surface area contributed by atoms with E-state index in [9.17, 15) is 9.59 Å². The Kier molecular flexibility index (Phi) is 2.62. The molecule has 0 saturated carbocycles. The number of fused-ring (bicyclic) bond motifs is 2. The lowest BCUT2D eigenvalue weighted by molar-refractivity contribution is 0.0926. The maximum absolute atomic E-state index is 12.4. The van der Waals surface area contributed by atoms with Gasteiger partial charge in [0.1, 0.15) is 0 Å². The van der Waals surface area contributed by atoms with Crippen molar-refractivity contribution >= 4 is 17.5 Å². The summed E-state index contributed by atoms with van der Waals surface area (Å²) < 4.78 is 0. The van der Waals surface area contributed by atoms with Gasteiger partial charge in [-0.3, -0.25) is 14.6 Å². The van der Waals surface area contributed by atoms with Crippen molar-refractivity contribution in [2.75, 3.05) is 11.4 Å². The summed E-state index contributed by atoms with van der Waals surface area (Å²) in [5.74, 6) is -0.576. The normalized spacial score (nSPS) is 16.9. The van der Waals surface area contributed by atoms with Crippen molar-refractivity contribution < 1.29 is 9.59 Å². The summed E-state index contributed by atoms with van der Waals surface area (Å²) in [7, 11) is 0. The van der Waals surface area contributed by atoms with Crippen LogP contribution in [0.15, 0.2) is 36.7 Å². The average molecular weight is 279 g/mol. The molecule has 0 radical (unpaired) electrons. The van der Waals surface area contributed by atoms with Crippen LogP contribution in [-0.2, 0) is 13.0 Å². The first-order valence-electron chi connectivity index (χ1n) is 6.91. The van der Waals surface area contributed by atoms with Gasteiger partial charge in [-0.25, -0.2) is 4.90 Å². The molecular formula is C16H13N3O2. The second-order valence-electron chi connectivity index (χ2n) is 5.25. The van der Waals surface area contributed by atoms with E-state index in [-0.39, 0.29) is 11.8 Å². The highest BCUT2D eigenvalue weighted by Crippen LogP contribution is 2.29. The van der Waals surface area contributed by atoms with Crippen LogP contribution in [0.3, 0.4) is 0 Å². The zero-order valence-corrected chi connectivity index (χ0v) is 11.3. The lowest BCUT2D eigenvalue weighted by Crippen LogP contribution is -2.30. The van der Waals surface area contributed by atoms with Gasteiger partial charge in [0.25, 0.3) is 11.8 Å². The lowest BCUT2D eigenvalue weighted by atomic mass is 10.0. The fraction of sp³-hybridized carbons (Fsp3) is 0.188. The van der Waals surface area contributed by atoms with Gasteiger partial charge in [-0.15, -0.1) is 0 Å². The minimum absolute atomic E-state index is 0.277. The second kappa shape index (κ2) is 4.49. The smallest absolute Gasteiger partial charge is 0.267 e. The Balaban J connectivity index is 1.78. The Bertz CT molecular complexity index is 735. The van der Waals surface area contributed by atoms with Crippen molar-refractivity contribution in [1.29, 1.82) is 0 Å². The van der Waals surface area contributed by atoms with Crippen LogP contribution in [0.2, 0.25) is 0 Å². The van der Waals surface area contributed by atoms with Crippen LogP contribution in [0, 0.1) is 0 Å². The number of rotatable bonds is 1. The SMILES string of the molecule is O=C1c2ccncc2C(=O)N1c1ccc2c(c1)CNCC2. The minimum Gasteiger partial charge on any atom is -0.312 e. The number of hydrogen-bond donors (Lipinski definition) is 1. The molecule has 4 rings (SSSR count). The van der Waals surface area contributed by atoms with Crippen molar-refractivity contribution in [3.05, 3.63) is 58.9 Å². The summed E-state index contributed by atoms with van der Waals surface area (Å²) in [6, 6.07) is 7.37. The van der Waals surface area contributed by atoms with E-state index in [1.165, 1.54) is 22.9 Å². The topological polar surface area (TPSA) is 62.3 Å². The molecule has 0 saturated heterocycles. The van der Waals surface area contributed by atoms with E-state index in [0.717, 1.165) is 25.1 Å². The van der Waals surface area contributed by atoms with Crippen LogP contribution in [0.1, 0.15) is 31.8 Å². The van der Waals surface area contributed by atoms with Crippen molar-refractivity contribution in [2.24, 2.45) is 0 Å². The molecule has 2 aliphatic rings. The van der Waals surface area contributed by atoms with Crippen LogP contribution in [-0.4, -0.2) is 23.3 Å². The number of pyridine rings is 1. The first-order valence-corrected chi connectivity index (χ1v) is 6.91. The number of amides is 2. The molecule has 1 aromatic heterocycles. The zero-order chi connectivity index (χ0) is 14.4. The highest BCUT2D eigenvalue weighted by molar-refractivity contribution is 6.34. The first kappa shape index (κ1) is 12.2. The number of carbonyl (C=O) groups excluding carboxylic acids is 2. The number of aromatic nitrogens is 1. The van der Waals surface area contributed by atoms with Gasteiger partial charge in [0.2, 0.25) is 0 Å². The summed E-state index contributed by atoms with van der Waals surface area (Å²) in [6.07, 6.45) is 3.96. The standard InChI is InChI=1S/C16H13N3O2/c20-15-13-4-6-18-9-14(13)16(21)19(15)12-2-1-10-3-5-17-8-11(10)7-12/h1-2,4,6-7,9,17H,3,5,8H2. The van der Waals surface area contributed by atoms with Gasteiger partial charge in [-0.1, -0.05) is 6.07 Å². The molecule has 0 bridgehead atoms. The molecule has 3 heterocycles. The average Bonchev–Trinajstić information content (AvgIpc) is 2.79. The third-order valence-corrected chi connectivity index (χ3v) is 4.02. The Hall–Kier alpha value is -2.53. The third kappa shape index (κ3) is 1.78. The third-order valence-electron chi connectivity index (χ3n) is 4.02. The van der Waals surface area contributed by atoms with Gasteiger partial charge in [-0.2, -0.15) is 0 Å². The largest absolute Gasteiger partial charge is 0.312 e. The number of nitrogens with zero attached hydrogens (tertiary/aromatic N) is 2. The van der Waals surface area contributed by atoms with E-state index in [4.69, 9.17) is 0 Å². The molecule has 0 unspecified atom stereocenters. The van der Waals surface area contributed by atoms with E-state index >= 15 is 0 Å². The summed E-state index contributed by atoms with van der Waals surface area (Å²) in [5.41, 5.74) is 3.84. The van der Waals surface area contributed by atoms with Crippen molar-refractivity contribution in [3.63, 3.8) is 0 Å². The van der Waals surface area contributed by atoms with Crippen LogP contribution in [0.5, 0.6) is 0 Å². The predicted molar refractivity (Wildman–Crippen MR) is 77.2 cm³/mol. The Labute approximate surface area is 121 Å². The van der Waals surface area contributed by atoms with E-state index in [1.807, 2.05) is 18.2 Å². The van der Waals surface area contributed by atoms with Crippen molar-refractivity contribution in [2.45, 2.75) is 13.0 Å². The molecule has 104 valence electrons. The monoisotopic (exact) mass is 279 g/mol. The van der Waals surface area contributed by atoms with E-state index in [0.29, 0.717) is 16.8 Å². The van der Waals surface area contributed by atoms with Gasteiger partial charge < -0.3 is 5.32 Å². The van der Waals surface area contributed by atoms with Crippen LogP contribution < -0.4 is 10.2 Å². The van der Waals surface area contributed by atoms with E-state index in [1.54, 1.807) is 6.07 Å². The molecule has 5 nitrogen and oxygen atoms in total. The molecule has 2 aromatic rings. The molecule has 0 fully saturated rings. The van der Waals surface area contributed by atoms with Crippen LogP contribution in [0.25, 0.3) is 0 Å².